The first kappa shape index (κ1) is 30.1. The molecule has 0 aromatic heterocycles. The summed E-state index contributed by atoms with van der Waals surface area (Å²) in [6.07, 6.45) is 27.7. The van der Waals surface area contributed by atoms with Crippen molar-refractivity contribution in [1.82, 2.24) is 0 Å². The fraction of sp³-hybridized carbons (Fsp3) is 1.00. The predicted molar refractivity (Wildman–Crippen MR) is 127 cm³/mol. The van der Waals surface area contributed by atoms with Gasteiger partial charge in [0.25, 0.3) is 0 Å². The van der Waals surface area contributed by atoms with Gasteiger partial charge < -0.3 is 10.2 Å². The van der Waals surface area contributed by atoms with E-state index in [1.54, 1.807) is 6.92 Å². The zero-order valence-electron chi connectivity index (χ0n) is 20.0. The van der Waals surface area contributed by atoms with Gasteiger partial charge in [-0.05, 0) is 25.7 Å². The van der Waals surface area contributed by atoms with E-state index in [0.717, 1.165) is 0 Å². The van der Waals surface area contributed by atoms with Crippen LogP contribution in [0.2, 0.25) is 0 Å². The van der Waals surface area contributed by atoms with Crippen LogP contribution >= 0.6 is 0 Å². The molecule has 0 bridgehead atoms. The van der Waals surface area contributed by atoms with Crippen molar-refractivity contribution in [2.45, 2.75) is 149 Å². The van der Waals surface area contributed by atoms with Crippen molar-refractivity contribution < 1.29 is 10.2 Å². The summed E-state index contributed by atoms with van der Waals surface area (Å²) in [4.78, 5) is 0. The first-order chi connectivity index (χ1) is 13.8. The average Bonchev–Trinajstić information content (AvgIpc) is 2.70. The number of unbranched alkanes of at least 4 members (excludes halogenated alkanes) is 16. The lowest BCUT2D eigenvalue weighted by Crippen LogP contribution is -2.06. The van der Waals surface area contributed by atoms with E-state index in [-0.39, 0.29) is 6.61 Å². The zero-order chi connectivity index (χ0) is 21.1. The highest BCUT2D eigenvalue weighted by atomic mass is 16.3. The topological polar surface area (TPSA) is 40.5 Å². The Bertz CT molecular complexity index is 243. The molecule has 0 aliphatic rings. The number of aliphatic hydroxyl groups excluding tert-OH is 2. The minimum Gasteiger partial charge on any atom is -0.397 e. The number of hydrogen-bond donors (Lipinski definition) is 2. The first-order valence-corrected chi connectivity index (χ1v) is 13.0. The Labute approximate surface area is 178 Å². The minimum absolute atomic E-state index is 0.250. The highest BCUT2D eigenvalue weighted by Crippen LogP contribution is 2.19. The molecular formula is C26H56O2. The van der Waals surface area contributed by atoms with Gasteiger partial charge in [-0.3, -0.25) is 0 Å². The molecule has 0 rings (SSSR count). The summed E-state index contributed by atoms with van der Waals surface area (Å²) in [6, 6.07) is 0. The van der Waals surface area contributed by atoms with Crippen LogP contribution in [0.5, 0.6) is 0 Å². The van der Waals surface area contributed by atoms with E-state index >= 15 is 0 Å². The van der Waals surface area contributed by atoms with Crippen LogP contribution in [0.25, 0.3) is 0 Å². The molecule has 0 radical (unpaired) electrons. The summed E-state index contributed by atoms with van der Waals surface area (Å²) < 4.78 is 0. The molecule has 0 fully saturated rings. The maximum atomic E-state index is 9.57. The Balaban J connectivity index is 0. The largest absolute Gasteiger partial charge is 0.397 e. The van der Waals surface area contributed by atoms with Crippen molar-refractivity contribution in [3.63, 3.8) is 0 Å². The Kier molecular flexibility index (Phi) is 31.3. The maximum absolute atomic E-state index is 9.57. The fourth-order valence-electron chi connectivity index (χ4n) is 3.81. The van der Waals surface area contributed by atoms with Gasteiger partial charge in [0.1, 0.15) is 0 Å². The lowest BCUT2D eigenvalue weighted by Gasteiger charge is -2.13. The molecule has 0 amide bonds. The van der Waals surface area contributed by atoms with Gasteiger partial charge in [0.2, 0.25) is 0 Å². The highest BCUT2D eigenvalue weighted by Gasteiger charge is 2.06. The molecule has 0 aromatic rings. The van der Waals surface area contributed by atoms with Crippen molar-refractivity contribution in [3.8, 4) is 0 Å². The molecule has 0 saturated heterocycles. The number of rotatable bonds is 21. The van der Waals surface area contributed by atoms with Crippen molar-refractivity contribution >= 4 is 0 Å². The fourth-order valence-corrected chi connectivity index (χ4v) is 3.81. The summed E-state index contributed by atoms with van der Waals surface area (Å²) in [5, 5.41) is 17.1. The normalized spacial score (nSPS) is 11.9. The van der Waals surface area contributed by atoms with Gasteiger partial charge in [-0.15, -0.1) is 0 Å². The van der Waals surface area contributed by atoms with Gasteiger partial charge in [0, 0.05) is 13.2 Å². The Morgan fingerprint density at radius 1 is 0.429 bits per heavy atom. The van der Waals surface area contributed by atoms with Gasteiger partial charge in [0.05, 0.1) is 0 Å². The third kappa shape index (κ3) is 28.1. The Morgan fingerprint density at radius 3 is 0.929 bits per heavy atom. The molecule has 2 N–H and O–H groups in total. The zero-order valence-corrected chi connectivity index (χ0v) is 20.0. The molecule has 2 nitrogen and oxygen atoms in total. The molecule has 0 saturated carbocycles. The van der Waals surface area contributed by atoms with E-state index in [9.17, 15) is 5.11 Å². The lowest BCUT2D eigenvalue weighted by atomic mass is 9.94. The van der Waals surface area contributed by atoms with Crippen molar-refractivity contribution in [3.05, 3.63) is 0 Å². The van der Waals surface area contributed by atoms with E-state index < -0.39 is 0 Å². The second-order valence-corrected chi connectivity index (χ2v) is 8.60. The molecule has 0 spiro atoms. The minimum atomic E-state index is 0.250. The van der Waals surface area contributed by atoms with Crippen molar-refractivity contribution in [2.24, 2.45) is 5.92 Å². The molecule has 172 valence electrons. The van der Waals surface area contributed by atoms with Crippen LogP contribution in [0.15, 0.2) is 0 Å². The van der Waals surface area contributed by atoms with E-state index in [0.29, 0.717) is 12.5 Å². The maximum Gasteiger partial charge on any atom is 0.0459 e. The van der Waals surface area contributed by atoms with Crippen LogP contribution in [0.4, 0.5) is 0 Å². The quantitative estimate of drug-likeness (QED) is 0.190. The first-order valence-electron chi connectivity index (χ1n) is 13.0. The molecule has 28 heavy (non-hydrogen) atoms. The van der Waals surface area contributed by atoms with Crippen LogP contribution in [-0.2, 0) is 0 Å². The van der Waals surface area contributed by atoms with Crippen LogP contribution in [0.3, 0.4) is 0 Å². The summed E-state index contributed by atoms with van der Waals surface area (Å²) in [7, 11) is 0. The smallest absolute Gasteiger partial charge is 0.0459 e. The lowest BCUT2D eigenvalue weighted by molar-refractivity contribution is 0.204. The monoisotopic (exact) mass is 400 g/mol. The molecule has 1 unspecified atom stereocenters. The van der Waals surface area contributed by atoms with Crippen LogP contribution in [-0.4, -0.2) is 23.4 Å². The van der Waals surface area contributed by atoms with Gasteiger partial charge in [-0.2, -0.15) is 0 Å². The van der Waals surface area contributed by atoms with E-state index in [1.807, 2.05) is 0 Å². The standard InChI is InChI=1S/C24H50O.C2H6O/c1-3-5-7-9-11-13-14-16-18-20-22-24(23-25)21-19-17-15-12-10-8-6-4-2;1-2-3/h24-25H,3-23H2,1-2H3;3H,2H2,1H3. The van der Waals surface area contributed by atoms with Crippen molar-refractivity contribution in [2.75, 3.05) is 13.2 Å². The van der Waals surface area contributed by atoms with Gasteiger partial charge in [-0.1, -0.05) is 129 Å². The van der Waals surface area contributed by atoms with Gasteiger partial charge in [-0.25, -0.2) is 0 Å². The van der Waals surface area contributed by atoms with Crippen LogP contribution in [0, 0.1) is 5.92 Å². The molecule has 0 aromatic carbocycles. The van der Waals surface area contributed by atoms with Crippen molar-refractivity contribution in [1.29, 1.82) is 0 Å². The van der Waals surface area contributed by atoms with E-state index in [4.69, 9.17) is 5.11 Å². The van der Waals surface area contributed by atoms with E-state index in [1.165, 1.54) is 128 Å². The summed E-state index contributed by atoms with van der Waals surface area (Å²) >= 11 is 0. The third-order valence-corrected chi connectivity index (χ3v) is 5.69. The molecule has 0 heterocycles. The third-order valence-electron chi connectivity index (χ3n) is 5.69. The predicted octanol–water partition coefficient (Wildman–Crippen LogP) is 8.44. The van der Waals surface area contributed by atoms with Crippen LogP contribution in [0.1, 0.15) is 149 Å². The molecule has 2 heteroatoms. The summed E-state index contributed by atoms with van der Waals surface area (Å²) in [6.45, 7) is 6.91. The van der Waals surface area contributed by atoms with E-state index in [2.05, 4.69) is 13.8 Å². The highest BCUT2D eigenvalue weighted by molar-refractivity contribution is 4.59. The number of hydrogen-bond acceptors (Lipinski definition) is 2. The van der Waals surface area contributed by atoms with Gasteiger partial charge >= 0.3 is 0 Å². The second kappa shape index (κ2) is 29.1. The number of aliphatic hydroxyl groups is 2. The Hall–Kier alpha value is -0.0800. The second-order valence-electron chi connectivity index (χ2n) is 8.60. The summed E-state index contributed by atoms with van der Waals surface area (Å²) in [5.41, 5.74) is 0. The molecular weight excluding hydrogens is 344 g/mol. The average molecular weight is 401 g/mol. The molecule has 0 aliphatic heterocycles. The van der Waals surface area contributed by atoms with Gasteiger partial charge in [0.15, 0.2) is 0 Å². The summed E-state index contributed by atoms with van der Waals surface area (Å²) in [5.74, 6) is 0.578. The van der Waals surface area contributed by atoms with Crippen LogP contribution < -0.4 is 0 Å². The molecule has 1 atom stereocenters. The Morgan fingerprint density at radius 2 is 0.679 bits per heavy atom. The SMILES string of the molecule is CCCCCCCCCCCCC(CO)CCCCCCCCCC.CCO. The molecule has 0 aliphatic carbocycles.